The maximum absolute atomic E-state index is 12.9. The second kappa shape index (κ2) is 8.77. The fourth-order valence-corrected chi connectivity index (χ4v) is 4.76. The van der Waals surface area contributed by atoms with Crippen molar-refractivity contribution in [1.29, 1.82) is 0 Å². The van der Waals surface area contributed by atoms with Crippen molar-refractivity contribution in [2.45, 2.75) is 51.6 Å². The molecule has 0 radical (unpaired) electrons. The quantitative estimate of drug-likeness (QED) is 0.655. The Hall–Kier alpha value is -3.15. The first-order valence-electron chi connectivity index (χ1n) is 11.1. The van der Waals surface area contributed by atoms with Crippen LogP contribution in [-0.2, 0) is 4.79 Å². The number of benzene rings is 2. The largest absolute Gasteiger partial charge is 0.497 e. The molecule has 2 aromatic carbocycles. The summed E-state index contributed by atoms with van der Waals surface area (Å²) in [6.45, 7) is 5.00. The van der Waals surface area contributed by atoms with E-state index in [9.17, 15) is 14.4 Å². The summed E-state index contributed by atoms with van der Waals surface area (Å²) in [5.41, 5.74) is 2.75. The van der Waals surface area contributed by atoms with E-state index in [1.54, 1.807) is 36.3 Å². The van der Waals surface area contributed by atoms with Crippen LogP contribution in [0.2, 0.25) is 0 Å². The molecule has 0 unspecified atom stereocenters. The number of hydrogen-bond donors (Lipinski definition) is 0. The molecular formula is C26H29NO5. The number of ketones is 2. The first kappa shape index (κ1) is 22.1. The lowest BCUT2D eigenvalue weighted by molar-refractivity contribution is -0.134. The molecule has 0 bridgehead atoms. The molecule has 4 rings (SSSR count). The van der Waals surface area contributed by atoms with E-state index in [2.05, 4.69) is 0 Å². The van der Waals surface area contributed by atoms with Gasteiger partial charge in [0.2, 0.25) is 5.91 Å². The van der Waals surface area contributed by atoms with Gasteiger partial charge in [0.15, 0.2) is 11.6 Å². The van der Waals surface area contributed by atoms with Crippen molar-refractivity contribution in [2.24, 2.45) is 0 Å². The van der Waals surface area contributed by atoms with Crippen LogP contribution in [0.4, 0.5) is 0 Å². The molecule has 6 heteroatoms. The second-order valence-corrected chi connectivity index (χ2v) is 8.87. The molecule has 2 heterocycles. The van der Waals surface area contributed by atoms with Crippen LogP contribution in [0.5, 0.6) is 11.5 Å². The minimum atomic E-state index is -0.542. The van der Waals surface area contributed by atoms with Gasteiger partial charge in [0.1, 0.15) is 17.1 Å². The fraction of sp³-hybridized carbons (Fsp3) is 0.423. The second-order valence-electron chi connectivity index (χ2n) is 8.87. The van der Waals surface area contributed by atoms with Crippen molar-refractivity contribution >= 4 is 17.5 Å². The normalized spacial score (nSPS) is 17.0. The SMILES string of the molecule is COc1ccc(C(=O)CCC(=O)N2CCC3(CC2)CC(=O)c2c(C)cc(C)cc2O3)cc1. The summed E-state index contributed by atoms with van der Waals surface area (Å²) >= 11 is 0. The van der Waals surface area contributed by atoms with Gasteiger partial charge in [-0.3, -0.25) is 14.4 Å². The zero-order chi connectivity index (χ0) is 22.9. The summed E-state index contributed by atoms with van der Waals surface area (Å²) in [6, 6.07) is 10.9. The number of amides is 1. The average Bonchev–Trinajstić information content (AvgIpc) is 2.77. The molecule has 0 aliphatic carbocycles. The average molecular weight is 436 g/mol. The number of ether oxygens (including phenoxy) is 2. The number of Topliss-reactive ketones (excluding diaryl/α,β-unsaturated/α-hetero) is 2. The van der Waals surface area contributed by atoms with E-state index in [1.165, 1.54) is 0 Å². The molecule has 1 spiro atoms. The smallest absolute Gasteiger partial charge is 0.223 e. The van der Waals surface area contributed by atoms with E-state index in [4.69, 9.17) is 9.47 Å². The Morgan fingerprint density at radius 3 is 2.41 bits per heavy atom. The molecule has 0 saturated carbocycles. The monoisotopic (exact) mass is 435 g/mol. The van der Waals surface area contributed by atoms with Crippen LogP contribution in [0.25, 0.3) is 0 Å². The number of likely N-dealkylation sites (tertiary alicyclic amines) is 1. The van der Waals surface area contributed by atoms with Gasteiger partial charge in [-0.25, -0.2) is 0 Å². The summed E-state index contributed by atoms with van der Waals surface area (Å²) in [5, 5.41) is 0. The van der Waals surface area contributed by atoms with E-state index in [0.717, 1.165) is 11.1 Å². The maximum Gasteiger partial charge on any atom is 0.223 e. The van der Waals surface area contributed by atoms with Gasteiger partial charge in [0.05, 0.1) is 19.1 Å². The highest BCUT2D eigenvalue weighted by molar-refractivity contribution is 6.02. The summed E-state index contributed by atoms with van der Waals surface area (Å²) in [4.78, 5) is 39.8. The van der Waals surface area contributed by atoms with Crippen LogP contribution in [0, 0.1) is 13.8 Å². The van der Waals surface area contributed by atoms with Crippen LogP contribution >= 0.6 is 0 Å². The molecule has 32 heavy (non-hydrogen) atoms. The zero-order valence-corrected chi connectivity index (χ0v) is 18.9. The number of methoxy groups -OCH3 is 1. The number of fused-ring (bicyclic) bond motifs is 1. The Kier molecular flexibility index (Phi) is 6.04. The molecule has 1 amide bonds. The van der Waals surface area contributed by atoms with E-state index in [-0.39, 0.29) is 30.3 Å². The van der Waals surface area contributed by atoms with Gasteiger partial charge >= 0.3 is 0 Å². The lowest BCUT2D eigenvalue weighted by atomic mass is 9.81. The van der Waals surface area contributed by atoms with Gasteiger partial charge in [-0.05, 0) is 55.3 Å². The lowest BCUT2D eigenvalue weighted by Gasteiger charge is -2.44. The summed E-state index contributed by atoms with van der Waals surface area (Å²) in [6.07, 6.45) is 1.93. The van der Waals surface area contributed by atoms with Crippen LogP contribution in [0.3, 0.4) is 0 Å². The molecule has 0 N–H and O–H groups in total. The topological polar surface area (TPSA) is 72.9 Å². The van der Waals surface area contributed by atoms with Crippen molar-refractivity contribution in [3.63, 3.8) is 0 Å². The summed E-state index contributed by atoms with van der Waals surface area (Å²) in [7, 11) is 1.58. The molecular weight excluding hydrogens is 406 g/mol. The van der Waals surface area contributed by atoms with Gasteiger partial charge in [0, 0.05) is 44.3 Å². The number of rotatable bonds is 5. The van der Waals surface area contributed by atoms with E-state index in [1.807, 2.05) is 26.0 Å². The number of aryl methyl sites for hydroxylation is 2. The third-order valence-corrected chi connectivity index (χ3v) is 6.54. The standard InChI is InChI=1S/C26H29NO5/c1-17-14-18(2)25-22(29)16-26(32-23(25)15-17)10-12-27(13-11-26)24(30)9-8-21(28)19-4-6-20(31-3)7-5-19/h4-7,14-15H,8-13,16H2,1-3H3. The van der Waals surface area contributed by atoms with Crippen molar-refractivity contribution in [3.05, 3.63) is 58.7 Å². The van der Waals surface area contributed by atoms with Gasteiger partial charge in [-0.15, -0.1) is 0 Å². The minimum Gasteiger partial charge on any atom is -0.497 e. The van der Waals surface area contributed by atoms with Crippen LogP contribution in [-0.4, -0.2) is 48.2 Å². The highest BCUT2D eigenvalue weighted by Gasteiger charge is 2.44. The van der Waals surface area contributed by atoms with Gasteiger partial charge < -0.3 is 14.4 Å². The Labute approximate surface area is 188 Å². The Balaban J connectivity index is 1.33. The highest BCUT2D eigenvalue weighted by atomic mass is 16.5. The summed E-state index contributed by atoms with van der Waals surface area (Å²) in [5.74, 6) is 1.39. The third kappa shape index (κ3) is 4.40. The van der Waals surface area contributed by atoms with Crippen LogP contribution in [0.1, 0.15) is 63.9 Å². The van der Waals surface area contributed by atoms with E-state index < -0.39 is 5.60 Å². The number of nitrogens with zero attached hydrogens (tertiary/aromatic N) is 1. The van der Waals surface area contributed by atoms with Crippen molar-refractivity contribution < 1.29 is 23.9 Å². The molecule has 168 valence electrons. The van der Waals surface area contributed by atoms with Crippen LogP contribution in [0.15, 0.2) is 36.4 Å². The molecule has 6 nitrogen and oxygen atoms in total. The van der Waals surface area contributed by atoms with E-state index in [0.29, 0.717) is 55.0 Å². The third-order valence-electron chi connectivity index (χ3n) is 6.54. The van der Waals surface area contributed by atoms with Gasteiger partial charge in [0.25, 0.3) is 0 Å². The van der Waals surface area contributed by atoms with Crippen molar-refractivity contribution in [1.82, 2.24) is 4.90 Å². The number of carbonyl (C=O) groups is 3. The summed E-state index contributed by atoms with van der Waals surface area (Å²) < 4.78 is 11.5. The molecule has 1 saturated heterocycles. The number of piperidine rings is 1. The fourth-order valence-electron chi connectivity index (χ4n) is 4.76. The zero-order valence-electron chi connectivity index (χ0n) is 18.9. The first-order chi connectivity index (χ1) is 15.3. The lowest BCUT2D eigenvalue weighted by Crippen LogP contribution is -2.52. The highest BCUT2D eigenvalue weighted by Crippen LogP contribution is 2.41. The first-order valence-corrected chi connectivity index (χ1v) is 11.1. The molecule has 2 aliphatic heterocycles. The molecule has 0 aromatic heterocycles. The maximum atomic E-state index is 12.9. The molecule has 0 atom stereocenters. The van der Waals surface area contributed by atoms with Gasteiger partial charge in [-0.2, -0.15) is 0 Å². The Morgan fingerprint density at radius 2 is 1.75 bits per heavy atom. The Morgan fingerprint density at radius 1 is 1.06 bits per heavy atom. The predicted molar refractivity (Wildman–Crippen MR) is 121 cm³/mol. The Bertz CT molecular complexity index is 1050. The molecule has 1 fully saturated rings. The molecule has 2 aromatic rings. The number of hydrogen-bond acceptors (Lipinski definition) is 5. The molecule has 2 aliphatic rings. The minimum absolute atomic E-state index is 0.0315. The number of carbonyl (C=O) groups excluding carboxylic acids is 3. The van der Waals surface area contributed by atoms with Crippen molar-refractivity contribution in [3.8, 4) is 11.5 Å². The van der Waals surface area contributed by atoms with Crippen molar-refractivity contribution in [2.75, 3.05) is 20.2 Å². The van der Waals surface area contributed by atoms with E-state index >= 15 is 0 Å². The van der Waals surface area contributed by atoms with Gasteiger partial charge in [-0.1, -0.05) is 6.07 Å². The predicted octanol–water partition coefficient (Wildman–Crippen LogP) is 4.30. The van der Waals surface area contributed by atoms with Crippen LogP contribution < -0.4 is 9.47 Å².